The van der Waals surface area contributed by atoms with Crippen molar-refractivity contribution in [3.8, 4) is 0 Å². The lowest BCUT2D eigenvalue weighted by molar-refractivity contribution is -0.152. The minimum absolute atomic E-state index is 0.0277. The number of amides is 3. The largest absolute Gasteiger partial charge is 0.361 e. The molecule has 0 radical (unpaired) electrons. The van der Waals surface area contributed by atoms with Crippen LogP contribution in [0.15, 0.2) is 60.8 Å². The van der Waals surface area contributed by atoms with Crippen LogP contribution in [0.5, 0.6) is 0 Å². The number of fused-ring (bicyclic) bond motifs is 1. The third-order valence-electron chi connectivity index (χ3n) is 6.76. The Morgan fingerprint density at radius 1 is 1.00 bits per heavy atom. The third kappa shape index (κ3) is 4.35. The molecule has 1 aromatic heterocycles. The van der Waals surface area contributed by atoms with E-state index in [9.17, 15) is 14.4 Å². The molecular formula is C26H28N4O3. The lowest BCUT2D eigenvalue weighted by atomic mass is 9.99. The van der Waals surface area contributed by atoms with E-state index in [1.54, 1.807) is 4.90 Å². The molecule has 5 rings (SSSR count). The molecule has 0 unspecified atom stereocenters. The summed E-state index contributed by atoms with van der Waals surface area (Å²) >= 11 is 0. The van der Waals surface area contributed by atoms with Crippen LogP contribution in [0.2, 0.25) is 0 Å². The summed E-state index contributed by atoms with van der Waals surface area (Å²) in [6.07, 6.45) is 3.99. The van der Waals surface area contributed by atoms with Crippen molar-refractivity contribution in [1.82, 2.24) is 20.1 Å². The second-order valence-electron chi connectivity index (χ2n) is 8.83. The highest BCUT2D eigenvalue weighted by Gasteiger charge is 2.41. The Hall–Kier alpha value is -3.61. The summed E-state index contributed by atoms with van der Waals surface area (Å²) in [6, 6.07) is 17.0. The van der Waals surface area contributed by atoms with E-state index in [0.29, 0.717) is 38.9 Å². The molecule has 7 heteroatoms. The third-order valence-corrected chi connectivity index (χ3v) is 6.76. The molecule has 3 heterocycles. The molecular weight excluding hydrogens is 416 g/mol. The van der Waals surface area contributed by atoms with Gasteiger partial charge in [-0.3, -0.25) is 14.4 Å². The van der Waals surface area contributed by atoms with Gasteiger partial charge in [-0.2, -0.15) is 0 Å². The van der Waals surface area contributed by atoms with E-state index in [-0.39, 0.29) is 17.7 Å². The van der Waals surface area contributed by atoms with Crippen LogP contribution in [-0.2, 0) is 27.2 Å². The maximum Gasteiger partial charge on any atom is 0.245 e. The topological polar surface area (TPSA) is 85.5 Å². The van der Waals surface area contributed by atoms with Crippen LogP contribution in [0.3, 0.4) is 0 Å². The average Bonchev–Trinajstić information content (AvgIpc) is 3.46. The molecule has 2 fully saturated rings. The molecule has 33 heavy (non-hydrogen) atoms. The first kappa shape index (κ1) is 21.2. The summed E-state index contributed by atoms with van der Waals surface area (Å²) in [5.41, 5.74) is 3.21. The van der Waals surface area contributed by atoms with Gasteiger partial charge in [0.15, 0.2) is 0 Å². The van der Waals surface area contributed by atoms with Crippen LogP contribution in [0.25, 0.3) is 10.9 Å². The van der Waals surface area contributed by atoms with Crippen LogP contribution < -0.4 is 5.32 Å². The molecule has 0 bridgehead atoms. The Kier molecular flexibility index (Phi) is 5.86. The number of nitrogens with zero attached hydrogens (tertiary/aromatic N) is 2. The number of H-pyrrole nitrogens is 1. The number of carbonyl (C=O) groups is 3. The van der Waals surface area contributed by atoms with Gasteiger partial charge in [0, 0.05) is 49.6 Å². The van der Waals surface area contributed by atoms with Gasteiger partial charge in [0.1, 0.15) is 12.1 Å². The molecule has 2 aromatic carbocycles. The van der Waals surface area contributed by atoms with Gasteiger partial charge in [0.2, 0.25) is 17.7 Å². The molecule has 2 aliphatic rings. The van der Waals surface area contributed by atoms with Gasteiger partial charge < -0.3 is 20.1 Å². The lowest BCUT2D eigenvalue weighted by Gasteiger charge is -2.41. The second-order valence-corrected chi connectivity index (χ2v) is 8.83. The van der Waals surface area contributed by atoms with E-state index in [2.05, 4.69) is 22.4 Å². The van der Waals surface area contributed by atoms with Crippen LogP contribution in [-0.4, -0.2) is 64.2 Å². The number of nitrogens with one attached hydrogen (secondary N) is 2. The standard InChI is InChI=1S/C26H28N4O3/c31-24-11-10-22(28-24)25(32)30-15-14-29(13-12-18-6-2-1-3-7-18)26(33)23(30)16-19-17-27-21-9-5-4-8-20(19)21/h1-9,17,22-23,27H,10-16H2,(H,28,31)/t22-,23-/m1/s1. The molecule has 0 spiro atoms. The van der Waals surface area contributed by atoms with Gasteiger partial charge in [0.05, 0.1) is 0 Å². The lowest BCUT2D eigenvalue weighted by Crippen LogP contribution is -2.62. The van der Waals surface area contributed by atoms with E-state index in [4.69, 9.17) is 0 Å². The first-order chi connectivity index (χ1) is 16.1. The minimum atomic E-state index is -0.585. The normalized spacial score (nSPS) is 21.0. The Morgan fingerprint density at radius 3 is 2.58 bits per heavy atom. The monoisotopic (exact) mass is 444 g/mol. The zero-order valence-electron chi connectivity index (χ0n) is 18.5. The highest BCUT2D eigenvalue weighted by atomic mass is 16.2. The predicted molar refractivity (Wildman–Crippen MR) is 125 cm³/mol. The highest BCUT2D eigenvalue weighted by Crippen LogP contribution is 2.24. The van der Waals surface area contributed by atoms with Crippen LogP contribution in [0.1, 0.15) is 24.0 Å². The van der Waals surface area contributed by atoms with Crippen molar-refractivity contribution in [2.75, 3.05) is 19.6 Å². The minimum Gasteiger partial charge on any atom is -0.361 e. The molecule has 3 aromatic rings. The fourth-order valence-electron chi connectivity index (χ4n) is 4.94. The maximum atomic E-state index is 13.6. The van der Waals surface area contributed by atoms with E-state index in [0.717, 1.165) is 22.9 Å². The van der Waals surface area contributed by atoms with Crippen molar-refractivity contribution in [1.29, 1.82) is 0 Å². The summed E-state index contributed by atoms with van der Waals surface area (Å²) in [7, 11) is 0. The molecule has 2 atom stereocenters. The molecule has 2 saturated heterocycles. The zero-order chi connectivity index (χ0) is 22.8. The number of hydrogen-bond donors (Lipinski definition) is 2. The average molecular weight is 445 g/mol. The van der Waals surface area contributed by atoms with Crippen molar-refractivity contribution in [2.45, 2.75) is 37.8 Å². The number of para-hydroxylation sites is 1. The molecule has 170 valence electrons. The number of hydrogen-bond acceptors (Lipinski definition) is 3. The fourth-order valence-corrected chi connectivity index (χ4v) is 4.94. The van der Waals surface area contributed by atoms with E-state index < -0.39 is 12.1 Å². The first-order valence-corrected chi connectivity index (χ1v) is 11.6. The van der Waals surface area contributed by atoms with E-state index >= 15 is 0 Å². The Labute approximate surface area is 192 Å². The van der Waals surface area contributed by atoms with Crippen molar-refractivity contribution >= 4 is 28.6 Å². The first-order valence-electron chi connectivity index (χ1n) is 11.6. The Morgan fingerprint density at radius 2 is 1.79 bits per heavy atom. The zero-order valence-corrected chi connectivity index (χ0v) is 18.5. The van der Waals surface area contributed by atoms with E-state index in [1.165, 1.54) is 5.56 Å². The number of benzene rings is 2. The van der Waals surface area contributed by atoms with Gasteiger partial charge in [-0.1, -0.05) is 48.5 Å². The van der Waals surface area contributed by atoms with Gasteiger partial charge >= 0.3 is 0 Å². The van der Waals surface area contributed by atoms with Gasteiger partial charge in [-0.25, -0.2) is 0 Å². The second kappa shape index (κ2) is 9.10. The summed E-state index contributed by atoms with van der Waals surface area (Å²) in [5, 5.41) is 3.83. The highest BCUT2D eigenvalue weighted by molar-refractivity contribution is 5.95. The molecule has 3 amide bonds. The molecule has 2 N–H and O–H groups in total. The van der Waals surface area contributed by atoms with Gasteiger partial charge in [-0.15, -0.1) is 0 Å². The van der Waals surface area contributed by atoms with Crippen molar-refractivity contribution in [3.05, 3.63) is 71.9 Å². The van der Waals surface area contributed by atoms with Crippen LogP contribution in [0.4, 0.5) is 0 Å². The predicted octanol–water partition coefficient (Wildman–Crippen LogP) is 2.27. The Bertz CT molecular complexity index is 1170. The van der Waals surface area contributed by atoms with Crippen LogP contribution in [0, 0.1) is 0 Å². The van der Waals surface area contributed by atoms with Gasteiger partial charge in [0.25, 0.3) is 0 Å². The quantitative estimate of drug-likeness (QED) is 0.612. The van der Waals surface area contributed by atoms with Crippen molar-refractivity contribution < 1.29 is 14.4 Å². The summed E-state index contributed by atoms with van der Waals surface area (Å²) in [4.78, 5) is 45.5. The summed E-state index contributed by atoms with van der Waals surface area (Å²) < 4.78 is 0. The number of carbonyl (C=O) groups excluding carboxylic acids is 3. The van der Waals surface area contributed by atoms with Crippen molar-refractivity contribution in [3.63, 3.8) is 0 Å². The maximum absolute atomic E-state index is 13.6. The number of aromatic amines is 1. The van der Waals surface area contributed by atoms with E-state index in [1.807, 2.05) is 53.6 Å². The molecule has 0 saturated carbocycles. The number of aromatic nitrogens is 1. The smallest absolute Gasteiger partial charge is 0.245 e. The SMILES string of the molecule is O=C1CC[C@H](C(=O)N2CCN(CCc3ccccc3)C(=O)[C@H]2Cc2c[nH]c3ccccc23)N1. The number of piperazine rings is 1. The summed E-state index contributed by atoms with van der Waals surface area (Å²) in [6.45, 7) is 1.59. The van der Waals surface area contributed by atoms with Gasteiger partial charge in [-0.05, 0) is 30.0 Å². The fraction of sp³-hybridized carbons (Fsp3) is 0.346. The van der Waals surface area contributed by atoms with Crippen molar-refractivity contribution in [2.24, 2.45) is 0 Å². The van der Waals surface area contributed by atoms with Crippen LogP contribution >= 0.6 is 0 Å². The molecule has 7 nitrogen and oxygen atoms in total. The molecule has 0 aliphatic carbocycles. The number of rotatable bonds is 6. The molecule has 2 aliphatic heterocycles. The Balaban J connectivity index is 1.38. The summed E-state index contributed by atoms with van der Waals surface area (Å²) in [5.74, 6) is -0.281.